The number of amides is 1. The van der Waals surface area contributed by atoms with Crippen molar-refractivity contribution in [2.75, 3.05) is 5.32 Å². The molecule has 0 atom stereocenters. The predicted molar refractivity (Wildman–Crippen MR) is 95.4 cm³/mol. The van der Waals surface area contributed by atoms with Gasteiger partial charge in [0.2, 0.25) is 0 Å². The smallest absolute Gasteiger partial charge is 0.286 e. The zero-order valence-corrected chi connectivity index (χ0v) is 14.3. The van der Waals surface area contributed by atoms with Crippen molar-refractivity contribution in [1.82, 2.24) is 8.75 Å². The maximum absolute atomic E-state index is 13.7. The van der Waals surface area contributed by atoms with E-state index in [-0.39, 0.29) is 10.9 Å². The lowest BCUT2D eigenvalue weighted by Gasteiger charge is -2.06. The van der Waals surface area contributed by atoms with E-state index < -0.39 is 23.4 Å². The average molecular weight is 392 g/mol. The first-order valence-electron chi connectivity index (χ1n) is 7.16. The molecule has 3 aromatic rings. The van der Waals surface area contributed by atoms with Crippen LogP contribution in [0, 0.1) is 17.5 Å². The molecular weight excluding hydrogens is 385 g/mol. The number of hydrogen-bond acceptors (Lipinski definition) is 6. The Hall–Kier alpha value is -2.72. The van der Waals surface area contributed by atoms with Crippen LogP contribution in [0.2, 0.25) is 0 Å². The van der Waals surface area contributed by atoms with Crippen LogP contribution in [0.1, 0.15) is 5.56 Å². The summed E-state index contributed by atoms with van der Waals surface area (Å²) in [5.74, 6) is -4.78. The first-order valence-corrected chi connectivity index (χ1v) is 8.71. The molecule has 0 saturated heterocycles. The molecule has 0 aliphatic carbocycles. The highest BCUT2D eigenvalue weighted by atomic mass is 32.2. The predicted octanol–water partition coefficient (Wildman–Crippen LogP) is 4.19. The lowest BCUT2D eigenvalue weighted by molar-refractivity contribution is -0.113. The van der Waals surface area contributed by atoms with Crippen LogP contribution in [0.4, 0.5) is 18.9 Å². The van der Waals surface area contributed by atoms with Crippen molar-refractivity contribution < 1.29 is 18.0 Å². The standard InChI is InChI=1S/C16H7F3N4OS2/c17-8-2-4-10(14(19)13(8)18)20-16-21-15(24)12(25-16)6-7-1-3-9-11(5-7)23-26-22-9/h1-6H,(H,20,21,24). The minimum Gasteiger partial charge on any atom is -0.332 e. The van der Waals surface area contributed by atoms with Crippen molar-refractivity contribution in [3.8, 4) is 0 Å². The van der Waals surface area contributed by atoms with Gasteiger partial charge in [-0.2, -0.15) is 13.7 Å². The molecule has 26 heavy (non-hydrogen) atoms. The Morgan fingerprint density at radius 2 is 1.81 bits per heavy atom. The van der Waals surface area contributed by atoms with E-state index in [1.165, 1.54) is 0 Å². The normalized spacial score (nSPS) is 15.7. The first kappa shape index (κ1) is 16.7. The zero-order chi connectivity index (χ0) is 18.3. The molecule has 0 fully saturated rings. The van der Waals surface area contributed by atoms with Gasteiger partial charge in [0.1, 0.15) is 11.0 Å². The second-order valence-electron chi connectivity index (χ2n) is 5.19. The Balaban J connectivity index is 1.56. The number of amidine groups is 1. The average Bonchev–Trinajstić information content (AvgIpc) is 3.22. The second kappa shape index (κ2) is 6.54. The van der Waals surface area contributed by atoms with Crippen LogP contribution in [-0.4, -0.2) is 19.8 Å². The molecule has 5 nitrogen and oxygen atoms in total. The molecule has 1 aromatic heterocycles. The molecule has 4 rings (SSSR count). The van der Waals surface area contributed by atoms with E-state index in [4.69, 9.17) is 0 Å². The van der Waals surface area contributed by atoms with Crippen molar-refractivity contribution in [2.45, 2.75) is 0 Å². The molecule has 0 saturated carbocycles. The Bertz CT molecular complexity index is 1110. The van der Waals surface area contributed by atoms with Gasteiger partial charge in [-0.3, -0.25) is 4.79 Å². The number of aromatic nitrogens is 2. The molecule has 10 heteroatoms. The van der Waals surface area contributed by atoms with Gasteiger partial charge in [0.05, 0.1) is 22.3 Å². The van der Waals surface area contributed by atoms with Crippen molar-refractivity contribution in [3.63, 3.8) is 0 Å². The summed E-state index contributed by atoms with van der Waals surface area (Å²) in [6.45, 7) is 0. The number of rotatable bonds is 2. The number of fused-ring (bicyclic) bond motifs is 1. The molecular formula is C16H7F3N4OS2. The van der Waals surface area contributed by atoms with Gasteiger partial charge in [-0.25, -0.2) is 13.2 Å². The molecule has 130 valence electrons. The molecule has 0 radical (unpaired) electrons. The molecule has 1 amide bonds. The van der Waals surface area contributed by atoms with Gasteiger partial charge in [0.15, 0.2) is 22.6 Å². The number of carbonyl (C=O) groups excluding carboxylic acids is 1. The number of aliphatic imine (C=N–C) groups is 1. The van der Waals surface area contributed by atoms with Gasteiger partial charge in [-0.05, 0) is 47.7 Å². The molecule has 1 N–H and O–H groups in total. The van der Waals surface area contributed by atoms with E-state index in [1.54, 1.807) is 24.3 Å². The quantitative estimate of drug-likeness (QED) is 0.523. The summed E-state index contributed by atoms with van der Waals surface area (Å²) < 4.78 is 48.2. The highest BCUT2D eigenvalue weighted by Crippen LogP contribution is 2.31. The van der Waals surface area contributed by atoms with Crippen molar-refractivity contribution in [1.29, 1.82) is 0 Å². The van der Waals surface area contributed by atoms with Crippen molar-refractivity contribution in [2.24, 2.45) is 4.99 Å². The summed E-state index contributed by atoms with van der Waals surface area (Å²) in [6, 6.07) is 7.17. The van der Waals surface area contributed by atoms with E-state index in [2.05, 4.69) is 19.1 Å². The lowest BCUT2D eigenvalue weighted by atomic mass is 10.2. The molecule has 1 aliphatic heterocycles. The maximum atomic E-state index is 13.7. The van der Waals surface area contributed by atoms with Crippen LogP contribution in [0.25, 0.3) is 17.1 Å². The first-order chi connectivity index (χ1) is 12.5. The van der Waals surface area contributed by atoms with Gasteiger partial charge < -0.3 is 5.32 Å². The summed E-state index contributed by atoms with van der Waals surface area (Å²) in [5.41, 5.74) is 1.90. The lowest BCUT2D eigenvalue weighted by Crippen LogP contribution is -2.08. The Labute approximate surface area is 153 Å². The molecule has 0 bridgehead atoms. The zero-order valence-electron chi connectivity index (χ0n) is 12.7. The maximum Gasteiger partial charge on any atom is 0.286 e. The number of anilines is 1. The minimum atomic E-state index is -1.59. The summed E-state index contributed by atoms with van der Waals surface area (Å²) in [6.07, 6.45) is 1.62. The van der Waals surface area contributed by atoms with Crippen LogP contribution in [0.3, 0.4) is 0 Å². The highest BCUT2D eigenvalue weighted by molar-refractivity contribution is 8.18. The Morgan fingerprint density at radius 3 is 2.65 bits per heavy atom. The summed E-state index contributed by atoms with van der Waals surface area (Å²) in [7, 11) is 0. The monoisotopic (exact) mass is 392 g/mol. The number of benzene rings is 2. The third kappa shape index (κ3) is 3.08. The van der Waals surface area contributed by atoms with Crippen LogP contribution in [0.15, 0.2) is 40.2 Å². The SMILES string of the molecule is O=C1N=C(Nc2ccc(F)c(F)c2F)SC1=Cc1ccc2nsnc2c1. The van der Waals surface area contributed by atoms with Crippen LogP contribution in [0.5, 0.6) is 0 Å². The second-order valence-corrected chi connectivity index (χ2v) is 6.75. The van der Waals surface area contributed by atoms with Crippen molar-refractivity contribution in [3.05, 3.63) is 58.3 Å². The topological polar surface area (TPSA) is 67.2 Å². The van der Waals surface area contributed by atoms with E-state index in [0.29, 0.717) is 10.4 Å². The fraction of sp³-hybridized carbons (Fsp3) is 0. The number of hydrogen-bond donors (Lipinski definition) is 1. The molecule has 0 unspecified atom stereocenters. The van der Waals surface area contributed by atoms with Crippen LogP contribution >= 0.6 is 23.5 Å². The van der Waals surface area contributed by atoms with Gasteiger partial charge >= 0.3 is 0 Å². The fourth-order valence-electron chi connectivity index (χ4n) is 2.24. The number of nitrogens with one attached hydrogen (secondary N) is 1. The Kier molecular flexibility index (Phi) is 4.21. The van der Waals surface area contributed by atoms with E-state index >= 15 is 0 Å². The molecule has 2 aromatic carbocycles. The third-order valence-corrected chi connectivity index (χ3v) is 4.93. The van der Waals surface area contributed by atoms with E-state index in [9.17, 15) is 18.0 Å². The van der Waals surface area contributed by atoms with Crippen molar-refractivity contribution >= 4 is 57.4 Å². The number of halogens is 3. The van der Waals surface area contributed by atoms with Gasteiger partial charge in [0, 0.05) is 0 Å². The number of nitrogens with zero attached hydrogens (tertiary/aromatic N) is 3. The molecule has 0 spiro atoms. The van der Waals surface area contributed by atoms with E-state index in [0.717, 1.165) is 46.7 Å². The number of thioether (sulfide) groups is 1. The fourth-order valence-corrected chi connectivity index (χ4v) is 3.58. The summed E-state index contributed by atoms with van der Waals surface area (Å²) >= 11 is 2.06. The summed E-state index contributed by atoms with van der Waals surface area (Å²) in [5, 5.41) is 2.57. The summed E-state index contributed by atoms with van der Waals surface area (Å²) in [4.78, 5) is 16.1. The molecule has 1 aliphatic rings. The molecule has 2 heterocycles. The van der Waals surface area contributed by atoms with E-state index in [1.807, 2.05) is 0 Å². The minimum absolute atomic E-state index is 0.0718. The van der Waals surface area contributed by atoms with Gasteiger partial charge in [-0.1, -0.05) is 6.07 Å². The largest absolute Gasteiger partial charge is 0.332 e. The van der Waals surface area contributed by atoms with Gasteiger partial charge in [-0.15, -0.1) is 0 Å². The van der Waals surface area contributed by atoms with Gasteiger partial charge in [0.25, 0.3) is 5.91 Å². The highest BCUT2D eigenvalue weighted by Gasteiger charge is 2.24. The van der Waals surface area contributed by atoms with Crippen LogP contribution in [-0.2, 0) is 4.79 Å². The number of carbonyl (C=O) groups is 1. The third-order valence-electron chi connectivity index (χ3n) is 3.47. The van der Waals surface area contributed by atoms with Crippen LogP contribution < -0.4 is 5.32 Å². The Morgan fingerprint density at radius 1 is 1.00 bits per heavy atom.